The first-order valence-corrected chi connectivity index (χ1v) is 8.40. The second-order valence-corrected chi connectivity index (χ2v) is 5.65. The lowest BCUT2D eigenvalue weighted by atomic mass is 10.2. The van der Waals surface area contributed by atoms with E-state index in [1.165, 1.54) is 14.0 Å². The zero-order chi connectivity index (χ0) is 18.9. The Labute approximate surface area is 153 Å². The fourth-order valence-corrected chi connectivity index (χ4v) is 2.34. The van der Waals surface area contributed by atoms with Gasteiger partial charge in [0.1, 0.15) is 6.61 Å². The number of carbonyl (C=O) groups is 1. The molecule has 138 valence electrons. The highest BCUT2D eigenvalue weighted by Gasteiger charge is 2.05. The van der Waals surface area contributed by atoms with Crippen LogP contribution in [-0.2, 0) is 9.53 Å². The molecule has 0 fully saturated rings. The number of benzene rings is 2. The molecule has 26 heavy (non-hydrogen) atoms. The van der Waals surface area contributed by atoms with Gasteiger partial charge in [0.2, 0.25) is 0 Å². The van der Waals surface area contributed by atoms with Gasteiger partial charge in [0.25, 0.3) is 0 Å². The Balaban J connectivity index is 1.98. The van der Waals surface area contributed by atoms with Crippen LogP contribution in [0.5, 0.6) is 0 Å². The molecule has 2 aromatic rings. The molecule has 0 amide bonds. The second kappa shape index (κ2) is 9.53. The largest absolute Gasteiger partial charge is 0.758 e. The Morgan fingerprint density at radius 2 is 1.50 bits per heavy atom. The zero-order valence-corrected chi connectivity index (χ0v) is 15.3. The van der Waals surface area contributed by atoms with Crippen molar-refractivity contribution >= 4 is 28.7 Å². The summed E-state index contributed by atoms with van der Waals surface area (Å²) < 4.78 is 4.99. The highest BCUT2D eigenvalue weighted by Crippen LogP contribution is 2.23. The third-order valence-electron chi connectivity index (χ3n) is 3.76. The highest BCUT2D eigenvalue weighted by atomic mass is 16.5. The maximum atomic E-state index is 11.2. The van der Waals surface area contributed by atoms with Crippen molar-refractivity contribution in [1.29, 1.82) is 0 Å². The van der Waals surface area contributed by atoms with Crippen LogP contribution in [0.15, 0.2) is 58.8 Å². The Morgan fingerprint density at radius 3 is 1.92 bits per heavy atom. The molecule has 2 aromatic carbocycles. The van der Waals surface area contributed by atoms with Gasteiger partial charge in [0.05, 0.1) is 17.9 Å². The van der Waals surface area contributed by atoms with Crippen LogP contribution in [0.4, 0.5) is 22.7 Å². The van der Waals surface area contributed by atoms with Gasteiger partial charge in [-0.25, -0.2) is 0 Å². The van der Waals surface area contributed by atoms with Crippen LogP contribution in [0.3, 0.4) is 0 Å². The number of likely N-dealkylation sites (N-methyl/N-ethyl adjacent to an activating group) is 1. The van der Waals surface area contributed by atoms with Crippen molar-refractivity contribution in [1.82, 2.24) is 0 Å². The molecule has 0 N–H and O–H groups in total. The number of anilines is 2. The van der Waals surface area contributed by atoms with Crippen molar-refractivity contribution in [3.05, 3.63) is 53.7 Å². The molecule has 7 nitrogen and oxygen atoms in total. The number of hydrogen-bond acceptors (Lipinski definition) is 7. The van der Waals surface area contributed by atoms with Gasteiger partial charge >= 0.3 is 5.97 Å². The molecule has 0 bridgehead atoms. The van der Waals surface area contributed by atoms with Gasteiger partial charge in [-0.05, 0) is 62.5 Å². The molecule has 0 spiro atoms. The van der Waals surface area contributed by atoms with Crippen molar-refractivity contribution in [2.45, 2.75) is 13.8 Å². The van der Waals surface area contributed by atoms with Crippen LogP contribution >= 0.6 is 0 Å². The smallest absolute Gasteiger partial charge is 0.302 e. The maximum Gasteiger partial charge on any atom is 0.302 e. The van der Waals surface area contributed by atoms with Gasteiger partial charge in [-0.1, -0.05) is 0 Å². The molecule has 0 unspecified atom stereocenters. The predicted molar refractivity (Wildman–Crippen MR) is 103 cm³/mol. The van der Waals surface area contributed by atoms with E-state index in [-0.39, 0.29) is 5.97 Å². The van der Waals surface area contributed by atoms with Crippen LogP contribution in [0, 0.1) is 5.21 Å². The second-order valence-electron chi connectivity index (χ2n) is 5.65. The van der Waals surface area contributed by atoms with E-state index < -0.39 is 0 Å². The molecule has 0 heterocycles. The van der Waals surface area contributed by atoms with Gasteiger partial charge in [0, 0.05) is 24.8 Å². The lowest BCUT2D eigenvalue weighted by Gasteiger charge is -2.24. The predicted octanol–water partition coefficient (Wildman–Crippen LogP) is 4.43. The quantitative estimate of drug-likeness (QED) is 0.398. The van der Waals surface area contributed by atoms with Crippen molar-refractivity contribution in [3.8, 4) is 0 Å². The van der Waals surface area contributed by atoms with Crippen LogP contribution < -0.4 is 9.96 Å². The summed E-state index contributed by atoms with van der Waals surface area (Å²) in [5.41, 5.74) is 3.01. The van der Waals surface area contributed by atoms with E-state index in [1.807, 2.05) is 31.2 Å². The molecule has 7 heteroatoms. The van der Waals surface area contributed by atoms with E-state index >= 15 is 0 Å². The molecule has 0 saturated carbocycles. The molecule has 0 atom stereocenters. The topological polar surface area (TPSA) is 80.6 Å². The van der Waals surface area contributed by atoms with Crippen LogP contribution in [0.1, 0.15) is 13.8 Å². The molecule has 0 aromatic heterocycles. The normalized spacial score (nSPS) is 10.8. The molecular formula is C19H23N4O3-. The number of azo groups is 1. The van der Waals surface area contributed by atoms with Crippen molar-refractivity contribution < 1.29 is 9.53 Å². The van der Waals surface area contributed by atoms with Gasteiger partial charge in [-0.15, -0.1) is 0 Å². The van der Waals surface area contributed by atoms with Crippen LogP contribution in [0.25, 0.3) is 0 Å². The number of carbonyl (C=O) groups excluding carboxylic acids is 1. The fourth-order valence-electron chi connectivity index (χ4n) is 2.34. The summed E-state index contributed by atoms with van der Waals surface area (Å²) in [6, 6.07) is 14.6. The first kappa shape index (κ1) is 19.4. The Kier molecular flexibility index (Phi) is 7.11. The number of esters is 1. The summed E-state index contributed by atoms with van der Waals surface area (Å²) in [6.45, 7) is 5.26. The van der Waals surface area contributed by atoms with Crippen LogP contribution in [-0.4, -0.2) is 32.7 Å². The lowest BCUT2D eigenvalue weighted by molar-refractivity contribution is -0.140. The molecule has 0 aliphatic rings. The highest BCUT2D eigenvalue weighted by molar-refractivity contribution is 5.66. The summed E-state index contributed by atoms with van der Waals surface area (Å²) >= 11 is 0. The van der Waals surface area contributed by atoms with Gasteiger partial charge in [-0.3, -0.25) is 4.79 Å². The summed E-state index contributed by atoms with van der Waals surface area (Å²) in [7, 11) is 1.45. The molecule has 0 saturated heterocycles. The van der Waals surface area contributed by atoms with Gasteiger partial charge < -0.3 is 19.9 Å². The van der Waals surface area contributed by atoms with Crippen LogP contribution in [0.2, 0.25) is 0 Å². The average molecular weight is 355 g/mol. The van der Waals surface area contributed by atoms with Gasteiger partial charge in [-0.2, -0.15) is 10.2 Å². The van der Waals surface area contributed by atoms with Crippen molar-refractivity contribution in [3.63, 3.8) is 0 Å². The molecule has 0 radical (unpaired) electrons. The maximum absolute atomic E-state index is 11.2. The molecule has 0 aliphatic carbocycles. The minimum absolute atomic E-state index is 0.272. The monoisotopic (exact) mass is 355 g/mol. The zero-order valence-electron chi connectivity index (χ0n) is 15.3. The number of rotatable bonds is 8. The molecular weight excluding hydrogens is 332 g/mol. The van der Waals surface area contributed by atoms with Crippen molar-refractivity contribution in [2.24, 2.45) is 10.2 Å². The SMILES string of the molecule is CCN(CCOC(C)=O)c1ccc(N=Nc2ccc(N(C)[O-])cc2)cc1. The van der Waals surface area contributed by atoms with E-state index in [9.17, 15) is 10.0 Å². The molecule has 0 aliphatic heterocycles. The van der Waals surface area contributed by atoms with E-state index in [0.717, 1.165) is 23.0 Å². The fraction of sp³-hybridized carbons (Fsp3) is 0.316. The standard InChI is InChI=1S/C19H23N4O3/c1-4-23(13-14-26-15(2)24)19-11-7-17(8-12-19)21-20-16-5-9-18(10-6-16)22(3)25/h5-12H,4,13-14H2,1-3H3/q-1. The van der Waals surface area contributed by atoms with E-state index in [1.54, 1.807) is 24.3 Å². The average Bonchev–Trinajstić information content (AvgIpc) is 2.64. The van der Waals surface area contributed by atoms with E-state index in [4.69, 9.17) is 4.74 Å². The first-order chi connectivity index (χ1) is 12.5. The van der Waals surface area contributed by atoms with E-state index in [0.29, 0.717) is 24.5 Å². The Bertz CT molecular complexity index is 727. The van der Waals surface area contributed by atoms with E-state index in [2.05, 4.69) is 15.1 Å². The third kappa shape index (κ3) is 5.86. The summed E-state index contributed by atoms with van der Waals surface area (Å²) in [6.07, 6.45) is 0. The number of hydrogen-bond donors (Lipinski definition) is 0. The van der Waals surface area contributed by atoms with Gasteiger partial charge in [0.15, 0.2) is 0 Å². The molecule has 2 rings (SSSR count). The summed E-state index contributed by atoms with van der Waals surface area (Å²) in [5, 5.41) is 20.4. The Hall–Kier alpha value is -2.93. The third-order valence-corrected chi connectivity index (χ3v) is 3.76. The lowest BCUT2D eigenvalue weighted by Crippen LogP contribution is -2.27. The summed E-state index contributed by atoms with van der Waals surface area (Å²) in [5.74, 6) is -0.272. The number of ether oxygens (including phenoxy) is 1. The number of hydroxylamine groups is 1. The van der Waals surface area contributed by atoms with Crippen molar-refractivity contribution in [2.75, 3.05) is 36.7 Å². The number of nitrogens with zero attached hydrogens (tertiary/aromatic N) is 4. The minimum Gasteiger partial charge on any atom is -0.758 e. The Morgan fingerprint density at radius 1 is 1.00 bits per heavy atom. The summed E-state index contributed by atoms with van der Waals surface area (Å²) in [4.78, 5) is 13.0. The first-order valence-electron chi connectivity index (χ1n) is 8.40. The minimum atomic E-state index is -0.272.